The number of hydrogen-bond donors (Lipinski definition) is 1. The number of aromatic hydroxyl groups is 1. The quantitative estimate of drug-likeness (QED) is 0.702. The summed E-state index contributed by atoms with van der Waals surface area (Å²) in [5.74, 6) is 1.01. The highest BCUT2D eigenvalue weighted by molar-refractivity contribution is 5.85. The molecular formula is C19H32ClNO. The minimum atomic E-state index is 0. The van der Waals surface area contributed by atoms with Crippen molar-refractivity contribution in [3.05, 3.63) is 29.3 Å². The molecule has 1 aliphatic rings. The van der Waals surface area contributed by atoms with Gasteiger partial charge >= 0.3 is 0 Å². The van der Waals surface area contributed by atoms with Crippen LogP contribution in [-0.2, 0) is 6.42 Å². The third-order valence-corrected chi connectivity index (χ3v) is 4.97. The molecule has 0 bridgehead atoms. The highest BCUT2D eigenvalue weighted by atomic mass is 35.5. The normalized spacial score (nSPS) is 20.5. The molecule has 0 unspecified atom stereocenters. The smallest absolute Gasteiger partial charge is 0.119 e. The summed E-state index contributed by atoms with van der Waals surface area (Å²) < 4.78 is 0. The highest BCUT2D eigenvalue weighted by Crippen LogP contribution is 2.38. The van der Waals surface area contributed by atoms with Crippen LogP contribution in [0.4, 0.5) is 0 Å². The molecule has 0 spiro atoms. The van der Waals surface area contributed by atoms with Gasteiger partial charge in [0.15, 0.2) is 0 Å². The molecule has 1 aromatic carbocycles. The summed E-state index contributed by atoms with van der Waals surface area (Å²) in [6.07, 6.45) is 7.35. The zero-order chi connectivity index (χ0) is 15.2. The second-order valence-electron chi connectivity index (χ2n) is 6.48. The predicted molar refractivity (Wildman–Crippen MR) is 97.3 cm³/mol. The van der Waals surface area contributed by atoms with E-state index < -0.39 is 0 Å². The second kappa shape index (κ2) is 9.42. The molecule has 1 aliphatic carbocycles. The summed E-state index contributed by atoms with van der Waals surface area (Å²) in [6, 6.07) is 6.67. The number of hydrogen-bond acceptors (Lipinski definition) is 2. The van der Waals surface area contributed by atoms with Gasteiger partial charge in [-0.2, -0.15) is 0 Å². The molecule has 0 fully saturated rings. The summed E-state index contributed by atoms with van der Waals surface area (Å²) in [5, 5.41) is 10.1. The van der Waals surface area contributed by atoms with Gasteiger partial charge in [-0.25, -0.2) is 0 Å². The lowest BCUT2D eigenvalue weighted by atomic mass is 9.79. The van der Waals surface area contributed by atoms with Crippen molar-refractivity contribution in [2.75, 3.05) is 13.1 Å². The molecule has 3 heteroatoms. The van der Waals surface area contributed by atoms with Crippen molar-refractivity contribution < 1.29 is 5.11 Å². The Bertz CT molecular complexity index is 449. The Balaban J connectivity index is 0.00000242. The third-order valence-electron chi connectivity index (χ3n) is 4.97. The average molecular weight is 326 g/mol. The van der Waals surface area contributed by atoms with E-state index >= 15 is 0 Å². The van der Waals surface area contributed by atoms with E-state index in [1.54, 1.807) is 0 Å². The van der Waals surface area contributed by atoms with Crippen LogP contribution in [0.25, 0.3) is 0 Å². The first-order chi connectivity index (χ1) is 10.2. The number of rotatable bonds is 7. The topological polar surface area (TPSA) is 23.5 Å². The molecule has 22 heavy (non-hydrogen) atoms. The molecule has 0 saturated heterocycles. The van der Waals surface area contributed by atoms with Crippen LogP contribution in [0.15, 0.2) is 18.2 Å². The molecule has 0 saturated carbocycles. The number of nitrogens with zero attached hydrogens (tertiary/aromatic N) is 1. The maximum Gasteiger partial charge on any atom is 0.119 e. The van der Waals surface area contributed by atoms with Crippen LogP contribution in [0.3, 0.4) is 0 Å². The van der Waals surface area contributed by atoms with Crippen molar-refractivity contribution in [3.63, 3.8) is 0 Å². The van der Waals surface area contributed by atoms with Gasteiger partial charge in [-0.05, 0) is 61.9 Å². The Morgan fingerprint density at radius 1 is 1.14 bits per heavy atom. The van der Waals surface area contributed by atoms with Gasteiger partial charge < -0.3 is 5.11 Å². The van der Waals surface area contributed by atoms with Crippen LogP contribution in [0.2, 0.25) is 0 Å². The fourth-order valence-electron chi connectivity index (χ4n) is 3.83. The Labute approximate surface area is 142 Å². The molecular weight excluding hydrogens is 294 g/mol. The van der Waals surface area contributed by atoms with Crippen molar-refractivity contribution >= 4 is 12.4 Å². The summed E-state index contributed by atoms with van der Waals surface area (Å²) in [7, 11) is 0. The molecule has 1 aromatic rings. The number of fused-ring (bicyclic) bond motifs is 1. The van der Waals surface area contributed by atoms with Crippen LogP contribution < -0.4 is 0 Å². The zero-order valence-electron chi connectivity index (χ0n) is 14.3. The van der Waals surface area contributed by atoms with Gasteiger partial charge in [0.1, 0.15) is 5.75 Å². The van der Waals surface area contributed by atoms with Gasteiger partial charge in [0.25, 0.3) is 0 Å². The van der Waals surface area contributed by atoms with Crippen LogP contribution in [0, 0.1) is 0 Å². The first-order valence-corrected chi connectivity index (χ1v) is 8.73. The summed E-state index contributed by atoms with van der Waals surface area (Å²) in [5.41, 5.74) is 2.55. The van der Waals surface area contributed by atoms with Crippen molar-refractivity contribution in [2.45, 2.75) is 71.3 Å². The molecule has 126 valence electrons. The van der Waals surface area contributed by atoms with Crippen molar-refractivity contribution in [1.29, 1.82) is 0 Å². The number of halogens is 1. The van der Waals surface area contributed by atoms with Gasteiger partial charge in [-0.15, -0.1) is 12.4 Å². The Morgan fingerprint density at radius 2 is 1.91 bits per heavy atom. The highest BCUT2D eigenvalue weighted by Gasteiger charge is 2.31. The maximum absolute atomic E-state index is 10.1. The van der Waals surface area contributed by atoms with Crippen LogP contribution in [0.1, 0.15) is 69.9 Å². The number of benzene rings is 1. The van der Waals surface area contributed by atoms with Gasteiger partial charge in [-0.3, -0.25) is 4.90 Å². The van der Waals surface area contributed by atoms with E-state index in [-0.39, 0.29) is 12.4 Å². The maximum atomic E-state index is 10.1. The fraction of sp³-hybridized carbons (Fsp3) is 0.684. The molecule has 2 nitrogen and oxygen atoms in total. The Morgan fingerprint density at radius 3 is 2.59 bits per heavy atom. The minimum Gasteiger partial charge on any atom is -0.508 e. The van der Waals surface area contributed by atoms with E-state index in [2.05, 4.69) is 31.7 Å². The first kappa shape index (κ1) is 19.3. The van der Waals surface area contributed by atoms with Gasteiger partial charge in [0, 0.05) is 6.04 Å². The van der Waals surface area contributed by atoms with Gasteiger partial charge in [0.2, 0.25) is 0 Å². The lowest BCUT2D eigenvalue weighted by Gasteiger charge is -2.40. The SMILES string of the molecule is CCCCCN(CCC)[C@H]1CCc2c(O)cccc2[C@H]1C.Cl. The molecule has 1 N–H and O–H groups in total. The van der Waals surface area contributed by atoms with E-state index in [1.807, 2.05) is 12.1 Å². The fourth-order valence-corrected chi connectivity index (χ4v) is 3.83. The van der Waals surface area contributed by atoms with E-state index in [0.29, 0.717) is 17.7 Å². The lowest BCUT2D eigenvalue weighted by molar-refractivity contribution is 0.155. The second-order valence-corrected chi connectivity index (χ2v) is 6.48. The largest absolute Gasteiger partial charge is 0.508 e. The Hall–Kier alpha value is -0.730. The summed E-state index contributed by atoms with van der Waals surface area (Å²) in [6.45, 7) is 9.31. The summed E-state index contributed by atoms with van der Waals surface area (Å²) in [4.78, 5) is 2.70. The van der Waals surface area contributed by atoms with E-state index in [0.717, 1.165) is 6.42 Å². The molecule has 2 atom stereocenters. The first-order valence-electron chi connectivity index (χ1n) is 8.73. The van der Waals surface area contributed by atoms with E-state index in [1.165, 1.54) is 56.3 Å². The minimum absolute atomic E-state index is 0. The van der Waals surface area contributed by atoms with Crippen molar-refractivity contribution in [3.8, 4) is 5.75 Å². The monoisotopic (exact) mass is 325 g/mol. The Kier molecular flexibility index (Phi) is 8.27. The van der Waals surface area contributed by atoms with Crippen LogP contribution >= 0.6 is 12.4 Å². The summed E-state index contributed by atoms with van der Waals surface area (Å²) >= 11 is 0. The lowest BCUT2D eigenvalue weighted by Crippen LogP contribution is -2.42. The van der Waals surface area contributed by atoms with Crippen molar-refractivity contribution in [1.82, 2.24) is 4.90 Å². The number of unbranched alkanes of at least 4 members (excludes halogenated alkanes) is 2. The third kappa shape index (κ3) is 4.39. The number of phenols is 1. The molecule has 0 aliphatic heterocycles. The number of phenolic OH excluding ortho intramolecular Hbond substituents is 1. The molecule has 0 radical (unpaired) electrons. The van der Waals surface area contributed by atoms with E-state index in [4.69, 9.17) is 0 Å². The molecule has 2 rings (SSSR count). The zero-order valence-corrected chi connectivity index (χ0v) is 15.2. The molecule has 0 aromatic heterocycles. The van der Waals surface area contributed by atoms with Crippen molar-refractivity contribution in [2.24, 2.45) is 0 Å². The van der Waals surface area contributed by atoms with E-state index in [9.17, 15) is 5.11 Å². The van der Waals surface area contributed by atoms with Gasteiger partial charge in [-0.1, -0.05) is 45.7 Å². The van der Waals surface area contributed by atoms with Gasteiger partial charge in [0.05, 0.1) is 0 Å². The standard InChI is InChI=1S/C19H31NO.ClH/c1-4-6-7-14-20(13-5-2)18-12-11-17-16(15(18)3)9-8-10-19(17)21;/h8-10,15,18,21H,4-7,11-14H2,1-3H3;1H/t15-,18+;/m1./s1. The van der Waals surface area contributed by atoms with Crippen LogP contribution in [0.5, 0.6) is 5.75 Å². The predicted octanol–water partition coefficient (Wildman–Crippen LogP) is 5.13. The van der Waals surface area contributed by atoms with Crippen LogP contribution in [-0.4, -0.2) is 29.1 Å². The average Bonchev–Trinajstić information content (AvgIpc) is 2.48. The molecule has 0 amide bonds. The molecule has 0 heterocycles.